The Morgan fingerprint density at radius 3 is 2.48 bits per heavy atom. The molecule has 2 rings (SSSR count). The number of nitrogens with one attached hydrogen (secondary N) is 1. The van der Waals surface area contributed by atoms with Crippen LogP contribution in [0.2, 0.25) is 0 Å². The van der Waals surface area contributed by atoms with Gasteiger partial charge in [0.25, 0.3) is 5.91 Å². The SMILES string of the molecule is CCOc1ccc(C=C2OC(=O)NC2=O)c(OCC)c1C. The van der Waals surface area contributed by atoms with Gasteiger partial charge in [-0.1, -0.05) is 0 Å². The second-order valence-electron chi connectivity index (χ2n) is 4.33. The fraction of sp³-hybridized carbons (Fsp3) is 0.333. The lowest BCUT2D eigenvalue weighted by molar-refractivity contribution is -0.116. The van der Waals surface area contributed by atoms with Gasteiger partial charge in [-0.15, -0.1) is 0 Å². The summed E-state index contributed by atoms with van der Waals surface area (Å²) < 4.78 is 16.0. The summed E-state index contributed by atoms with van der Waals surface area (Å²) in [6, 6.07) is 3.55. The van der Waals surface area contributed by atoms with Crippen molar-refractivity contribution in [3.63, 3.8) is 0 Å². The van der Waals surface area contributed by atoms with Crippen LogP contribution in [0, 0.1) is 6.92 Å². The van der Waals surface area contributed by atoms with Crippen molar-refractivity contribution in [2.75, 3.05) is 13.2 Å². The average Bonchev–Trinajstić information content (AvgIpc) is 2.75. The molecule has 0 radical (unpaired) electrons. The van der Waals surface area contributed by atoms with Crippen LogP contribution in [0.4, 0.5) is 4.79 Å². The number of carbonyl (C=O) groups is 2. The quantitative estimate of drug-likeness (QED) is 0.843. The summed E-state index contributed by atoms with van der Waals surface area (Å²) >= 11 is 0. The van der Waals surface area contributed by atoms with Gasteiger partial charge in [-0.25, -0.2) is 4.79 Å². The molecule has 2 amide bonds. The van der Waals surface area contributed by atoms with Crippen molar-refractivity contribution >= 4 is 18.1 Å². The normalized spacial score (nSPS) is 15.9. The molecule has 0 saturated carbocycles. The monoisotopic (exact) mass is 291 g/mol. The molecule has 1 N–H and O–H groups in total. The first kappa shape index (κ1) is 14.9. The molecule has 6 heteroatoms. The molecule has 1 aromatic rings. The summed E-state index contributed by atoms with van der Waals surface area (Å²) in [4.78, 5) is 22.5. The Morgan fingerprint density at radius 1 is 1.19 bits per heavy atom. The number of cyclic esters (lactones) is 1. The second-order valence-corrected chi connectivity index (χ2v) is 4.33. The van der Waals surface area contributed by atoms with Crippen LogP contribution < -0.4 is 14.8 Å². The molecule has 0 spiro atoms. The summed E-state index contributed by atoms with van der Waals surface area (Å²) in [5.41, 5.74) is 1.48. The molecule has 1 aliphatic rings. The molecule has 0 aliphatic carbocycles. The van der Waals surface area contributed by atoms with Crippen molar-refractivity contribution in [1.29, 1.82) is 0 Å². The van der Waals surface area contributed by atoms with Gasteiger partial charge in [0.15, 0.2) is 5.76 Å². The van der Waals surface area contributed by atoms with Gasteiger partial charge in [0, 0.05) is 11.1 Å². The highest BCUT2D eigenvalue weighted by Crippen LogP contribution is 2.33. The molecule has 21 heavy (non-hydrogen) atoms. The van der Waals surface area contributed by atoms with Crippen molar-refractivity contribution < 1.29 is 23.8 Å². The van der Waals surface area contributed by atoms with E-state index in [-0.39, 0.29) is 5.76 Å². The van der Waals surface area contributed by atoms with E-state index in [1.165, 1.54) is 6.08 Å². The first-order valence-corrected chi connectivity index (χ1v) is 6.70. The lowest BCUT2D eigenvalue weighted by atomic mass is 10.1. The minimum absolute atomic E-state index is 0.0514. The van der Waals surface area contributed by atoms with Crippen LogP contribution in [0.25, 0.3) is 6.08 Å². The number of benzene rings is 1. The van der Waals surface area contributed by atoms with E-state index in [4.69, 9.17) is 14.2 Å². The number of imide groups is 1. The summed E-state index contributed by atoms with van der Waals surface area (Å²) in [5.74, 6) is 0.709. The highest BCUT2D eigenvalue weighted by molar-refractivity contribution is 6.10. The number of hydrogen-bond donors (Lipinski definition) is 1. The lowest BCUT2D eigenvalue weighted by Crippen LogP contribution is -2.18. The van der Waals surface area contributed by atoms with Crippen LogP contribution in [0.1, 0.15) is 25.0 Å². The van der Waals surface area contributed by atoms with Crippen LogP contribution in [-0.2, 0) is 9.53 Å². The van der Waals surface area contributed by atoms with Crippen molar-refractivity contribution in [3.8, 4) is 11.5 Å². The van der Waals surface area contributed by atoms with Crippen molar-refractivity contribution in [3.05, 3.63) is 29.0 Å². The van der Waals surface area contributed by atoms with Gasteiger partial charge < -0.3 is 14.2 Å². The first-order chi connectivity index (χ1) is 10.1. The van der Waals surface area contributed by atoms with Crippen LogP contribution in [0.5, 0.6) is 11.5 Å². The maximum Gasteiger partial charge on any atom is 0.419 e. The topological polar surface area (TPSA) is 73.9 Å². The predicted molar refractivity (Wildman–Crippen MR) is 76.1 cm³/mol. The molecule has 112 valence electrons. The molecule has 1 saturated heterocycles. The minimum atomic E-state index is -0.771. The van der Waals surface area contributed by atoms with Gasteiger partial charge in [-0.2, -0.15) is 0 Å². The number of rotatable bonds is 5. The van der Waals surface area contributed by atoms with Crippen LogP contribution in [-0.4, -0.2) is 25.2 Å². The van der Waals surface area contributed by atoms with Crippen molar-refractivity contribution in [2.45, 2.75) is 20.8 Å². The average molecular weight is 291 g/mol. The van der Waals surface area contributed by atoms with Gasteiger partial charge in [0.1, 0.15) is 11.5 Å². The molecule has 1 aliphatic heterocycles. The van der Waals surface area contributed by atoms with Gasteiger partial charge in [-0.05, 0) is 39.0 Å². The standard InChI is InChI=1S/C15H17NO5/c1-4-19-11-7-6-10(13(9(11)3)20-5-2)8-12-14(17)16-15(18)21-12/h6-8H,4-5H2,1-3H3,(H,16,17,18). The Kier molecular flexibility index (Phi) is 4.47. The third-order valence-electron chi connectivity index (χ3n) is 2.90. The Hall–Kier alpha value is -2.50. The molecule has 1 heterocycles. The highest BCUT2D eigenvalue weighted by Gasteiger charge is 2.26. The van der Waals surface area contributed by atoms with Crippen LogP contribution >= 0.6 is 0 Å². The lowest BCUT2D eigenvalue weighted by Gasteiger charge is -2.15. The van der Waals surface area contributed by atoms with Crippen molar-refractivity contribution in [2.24, 2.45) is 0 Å². The molecule has 0 bridgehead atoms. The van der Waals surface area contributed by atoms with E-state index in [1.54, 1.807) is 12.1 Å². The summed E-state index contributed by atoms with van der Waals surface area (Å²) in [6.45, 7) is 6.66. The molecule has 0 unspecified atom stereocenters. The van der Waals surface area contributed by atoms with E-state index in [1.807, 2.05) is 20.8 Å². The summed E-state index contributed by atoms with van der Waals surface area (Å²) in [6.07, 6.45) is 0.709. The number of carbonyl (C=O) groups excluding carboxylic acids is 2. The zero-order valence-electron chi connectivity index (χ0n) is 12.2. The van der Waals surface area contributed by atoms with Gasteiger partial charge in [0.2, 0.25) is 0 Å². The van der Waals surface area contributed by atoms with E-state index < -0.39 is 12.0 Å². The van der Waals surface area contributed by atoms with Crippen LogP contribution in [0.15, 0.2) is 17.9 Å². The molecule has 0 atom stereocenters. The number of amides is 2. The Labute approximate surface area is 122 Å². The van der Waals surface area contributed by atoms with Crippen molar-refractivity contribution in [1.82, 2.24) is 5.32 Å². The minimum Gasteiger partial charge on any atom is -0.493 e. The van der Waals surface area contributed by atoms with E-state index in [2.05, 4.69) is 5.32 Å². The third kappa shape index (κ3) is 3.16. The molecule has 1 fully saturated rings. The summed E-state index contributed by atoms with van der Waals surface area (Å²) in [5, 5.41) is 2.05. The van der Waals surface area contributed by atoms with Crippen LogP contribution in [0.3, 0.4) is 0 Å². The number of alkyl carbamates (subject to hydrolysis) is 1. The van der Waals surface area contributed by atoms with E-state index in [0.29, 0.717) is 24.5 Å². The third-order valence-corrected chi connectivity index (χ3v) is 2.90. The zero-order valence-corrected chi connectivity index (χ0v) is 12.2. The Bertz CT molecular complexity index is 606. The number of ether oxygens (including phenoxy) is 3. The molecular formula is C15H17NO5. The summed E-state index contributed by atoms with van der Waals surface area (Å²) in [7, 11) is 0. The fourth-order valence-corrected chi connectivity index (χ4v) is 2.02. The predicted octanol–water partition coefficient (Wildman–Crippen LogP) is 2.40. The zero-order chi connectivity index (χ0) is 15.4. The van der Waals surface area contributed by atoms with E-state index in [9.17, 15) is 9.59 Å². The molecule has 1 aromatic carbocycles. The largest absolute Gasteiger partial charge is 0.493 e. The fourth-order valence-electron chi connectivity index (χ4n) is 2.02. The van der Waals surface area contributed by atoms with E-state index in [0.717, 1.165) is 11.3 Å². The molecule has 6 nitrogen and oxygen atoms in total. The number of hydrogen-bond acceptors (Lipinski definition) is 5. The molecule has 0 aromatic heterocycles. The van der Waals surface area contributed by atoms with Gasteiger partial charge in [0.05, 0.1) is 13.2 Å². The maximum absolute atomic E-state index is 11.5. The smallest absolute Gasteiger partial charge is 0.419 e. The molecular weight excluding hydrogens is 274 g/mol. The first-order valence-electron chi connectivity index (χ1n) is 6.70. The Balaban J connectivity index is 2.43. The Morgan fingerprint density at radius 2 is 1.90 bits per heavy atom. The van der Waals surface area contributed by atoms with Gasteiger partial charge >= 0.3 is 6.09 Å². The van der Waals surface area contributed by atoms with Gasteiger partial charge in [-0.3, -0.25) is 10.1 Å². The second kappa shape index (κ2) is 6.30. The van der Waals surface area contributed by atoms with E-state index >= 15 is 0 Å². The highest BCUT2D eigenvalue weighted by atomic mass is 16.6. The maximum atomic E-state index is 11.5.